The Morgan fingerprint density at radius 1 is 1.00 bits per heavy atom. The van der Waals surface area contributed by atoms with Crippen molar-refractivity contribution in [1.29, 1.82) is 10.5 Å². The summed E-state index contributed by atoms with van der Waals surface area (Å²) >= 11 is 0. The molecule has 0 unspecified atom stereocenters. The Labute approximate surface area is 160 Å². The molecule has 0 fully saturated rings. The summed E-state index contributed by atoms with van der Waals surface area (Å²) in [4.78, 5) is 1.96. The van der Waals surface area contributed by atoms with Gasteiger partial charge in [-0.05, 0) is 47.9 Å². The van der Waals surface area contributed by atoms with Crippen LogP contribution < -0.4 is 10.2 Å². The van der Waals surface area contributed by atoms with Crippen molar-refractivity contribution in [2.45, 2.75) is 19.8 Å². The summed E-state index contributed by atoms with van der Waals surface area (Å²) in [5, 5.41) is 22.8. The molecule has 4 nitrogen and oxygen atoms in total. The third-order valence-electron chi connectivity index (χ3n) is 4.60. The number of benzene rings is 2. The lowest BCUT2D eigenvalue weighted by molar-refractivity contribution is 0.861. The van der Waals surface area contributed by atoms with E-state index in [0.717, 1.165) is 28.3 Å². The molecular formula is C23H20N4. The van der Waals surface area contributed by atoms with Crippen molar-refractivity contribution in [3.05, 3.63) is 89.8 Å². The molecule has 1 aliphatic heterocycles. The standard InChI is InChI=1S/C23H20N4/c1-5-19-21(6-2)27(22-10-8-7-9-20(22)26-19)23-12-16(13-24)18(15(3)4)11-17(23)14-25/h5-12,15,26H,1-2H2,3-4H3. The van der Waals surface area contributed by atoms with E-state index in [2.05, 4.69) is 30.6 Å². The van der Waals surface area contributed by atoms with Gasteiger partial charge in [0, 0.05) is 0 Å². The second-order valence-corrected chi connectivity index (χ2v) is 6.52. The molecule has 0 amide bonds. The van der Waals surface area contributed by atoms with Gasteiger partial charge in [0.15, 0.2) is 0 Å². The predicted octanol–water partition coefficient (Wildman–Crippen LogP) is 5.70. The number of nitrogens with zero attached hydrogens (tertiary/aromatic N) is 3. The molecule has 3 rings (SSSR count). The van der Waals surface area contributed by atoms with E-state index in [1.54, 1.807) is 18.2 Å². The third kappa shape index (κ3) is 2.99. The highest BCUT2D eigenvalue weighted by atomic mass is 15.2. The zero-order chi connectivity index (χ0) is 19.6. The van der Waals surface area contributed by atoms with Gasteiger partial charge < -0.3 is 10.2 Å². The first-order chi connectivity index (χ1) is 13.0. The molecule has 2 aromatic rings. The maximum absolute atomic E-state index is 9.81. The summed E-state index contributed by atoms with van der Waals surface area (Å²) in [5.74, 6) is 0.147. The van der Waals surface area contributed by atoms with E-state index in [9.17, 15) is 10.5 Å². The van der Waals surface area contributed by atoms with E-state index >= 15 is 0 Å². The average molecular weight is 352 g/mol. The second kappa shape index (κ2) is 7.23. The van der Waals surface area contributed by atoms with Gasteiger partial charge >= 0.3 is 0 Å². The van der Waals surface area contributed by atoms with Crippen LogP contribution in [0, 0.1) is 22.7 Å². The van der Waals surface area contributed by atoms with Gasteiger partial charge in [-0.1, -0.05) is 39.1 Å². The zero-order valence-electron chi connectivity index (χ0n) is 15.5. The van der Waals surface area contributed by atoms with E-state index < -0.39 is 0 Å². The predicted molar refractivity (Wildman–Crippen MR) is 110 cm³/mol. The fourth-order valence-corrected chi connectivity index (χ4v) is 3.30. The molecule has 132 valence electrons. The monoisotopic (exact) mass is 352 g/mol. The molecule has 0 spiro atoms. The Morgan fingerprint density at radius 2 is 1.70 bits per heavy atom. The number of nitriles is 2. The fourth-order valence-electron chi connectivity index (χ4n) is 3.30. The van der Waals surface area contributed by atoms with Crippen molar-refractivity contribution in [3.8, 4) is 12.1 Å². The Balaban J connectivity index is 2.36. The molecule has 1 aliphatic rings. The van der Waals surface area contributed by atoms with Crippen LogP contribution in [0.15, 0.2) is 73.1 Å². The molecule has 2 aromatic carbocycles. The molecule has 0 saturated heterocycles. The topological polar surface area (TPSA) is 62.9 Å². The Bertz CT molecular complexity index is 1050. The molecule has 0 atom stereocenters. The molecule has 0 bridgehead atoms. The number of para-hydroxylation sites is 2. The van der Waals surface area contributed by atoms with Gasteiger partial charge in [-0.3, -0.25) is 0 Å². The lowest BCUT2D eigenvalue weighted by Crippen LogP contribution is -2.25. The first-order valence-corrected chi connectivity index (χ1v) is 8.69. The van der Waals surface area contributed by atoms with Gasteiger partial charge in [0.1, 0.15) is 6.07 Å². The lowest BCUT2D eigenvalue weighted by Gasteiger charge is -2.35. The van der Waals surface area contributed by atoms with Crippen molar-refractivity contribution < 1.29 is 0 Å². The third-order valence-corrected chi connectivity index (χ3v) is 4.60. The lowest BCUT2D eigenvalue weighted by atomic mass is 9.93. The first kappa shape index (κ1) is 18.0. The SMILES string of the molecule is C=CC1=C(C=C)N(c2cc(C#N)c(C(C)C)cc2C#N)c2ccccc2N1. The highest BCUT2D eigenvalue weighted by Crippen LogP contribution is 2.43. The van der Waals surface area contributed by atoms with Crippen molar-refractivity contribution in [2.75, 3.05) is 10.2 Å². The van der Waals surface area contributed by atoms with Crippen LogP contribution in [-0.4, -0.2) is 0 Å². The first-order valence-electron chi connectivity index (χ1n) is 8.69. The number of hydrogen-bond donors (Lipinski definition) is 1. The minimum Gasteiger partial charge on any atom is -0.352 e. The van der Waals surface area contributed by atoms with Crippen LogP contribution in [0.2, 0.25) is 0 Å². The van der Waals surface area contributed by atoms with Crippen LogP contribution in [0.25, 0.3) is 0 Å². The minimum absolute atomic E-state index is 0.147. The van der Waals surface area contributed by atoms with Crippen molar-refractivity contribution in [1.82, 2.24) is 0 Å². The Hall–Kier alpha value is -3.76. The van der Waals surface area contributed by atoms with E-state index in [1.807, 2.05) is 49.1 Å². The number of fused-ring (bicyclic) bond motifs is 1. The van der Waals surface area contributed by atoms with Gasteiger partial charge in [-0.25, -0.2) is 0 Å². The molecule has 0 aromatic heterocycles. The molecule has 27 heavy (non-hydrogen) atoms. The van der Waals surface area contributed by atoms with Crippen LogP contribution in [0.1, 0.15) is 36.5 Å². The maximum atomic E-state index is 9.81. The highest BCUT2D eigenvalue weighted by molar-refractivity contribution is 5.88. The summed E-state index contributed by atoms with van der Waals surface area (Å²) < 4.78 is 0. The number of anilines is 3. The van der Waals surface area contributed by atoms with Crippen LogP contribution in [0.4, 0.5) is 17.1 Å². The molecule has 0 radical (unpaired) electrons. The van der Waals surface area contributed by atoms with E-state index in [0.29, 0.717) is 16.8 Å². The minimum atomic E-state index is 0.147. The molecule has 4 heteroatoms. The largest absolute Gasteiger partial charge is 0.352 e. The molecular weight excluding hydrogens is 332 g/mol. The molecule has 0 saturated carbocycles. The highest BCUT2D eigenvalue weighted by Gasteiger charge is 2.26. The molecule has 0 aliphatic carbocycles. The van der Waals surface area contributed by atoms with E-state index in [1.165, 1.54) is 0 Å². The van der Waals surface area contributed by atoms with Crippen molar-refractivity contribution in [2.24, 2.45) is 0 Å². The average Bonchev–Trinajstić information content (AvgIpc) is 2.70. The Kier molecular flexibility index (Phi) is 4.83. The quantitative estimate of drug-likeness (QED) is 0.766. The number of allylic oxidation sites excluding steroid dienone is 2. The summed E-state index contributed by atoms with van der Waals surface area (Å²) in [6, 6.07) is 16.0. The maximum Gasteiger partial charge on any atom is 0.101 e. The Morgan fingerprint density at radius 3 is 2.30 bits per heavy atom. The van der Waals surface area contributed by atoms with E-state index in [4.69, 9.17) is 0 Å². The van der Waals surface area contributed by atoms with Gasteiger partial charge in [-0.15, -0.1) is 0 Å². The van der Waals surface area contributed by atoms with Crippen LogP contribution >= 0.6 is 0 Å². The number of nitrogens with one attached hydrogen (secondary N) is 1. The van der Waals surface area contributed by atoms with Crippen LogP contribution in [-0.2, 0) is 0 Å². The van der Waals surface area contributed by atoms with Crippen LogP contribution in [0.5, 0.6) is 0 Å². The van der Waals surface area contributed by atoms with Gasteiger partial charge in [-0.2, -0.15) is 10.5 Å². The van der Waals surface area contributed by atoms with Gasteiger partial charge in [0.2, 0.25) is 0 Å². The van der Waals surface area contributed by atoms with Gasteiger partial charge in [0.05, 0.1) is 45.7 Å². The molecule has 1 N–H and O–H groups in total. The normalized spacial score (nSPS) is 12.7. The smallest absolute Gasteiger partial charge is 0.101 e. The summed E-state index contributed by atoms with van der Waals surface area (Å²) in [7, 11) is 0. The fraction of sp³-hybridized carbons (Fsp3) is 0.130. The summed E-state index contributed by atoms with van der Waals surface area (Å²) in [5.41, 5.74) is 5.95. The van der Waals surface area contributed by atoms with Crippen molar-refractivity contribution in [3.63, 3.8) is 0 Å². The number of rotatable bonds is 4. The summed E-state index contributed by atoms with van der Waals surface area (Å²) in [6.45, 7) is 11.9. The molecule has 1 heterocycles. The van der Waals surface area contributed by atoms with Crippen LogP contribution in [0.3, 0.4) is 0 Å². The summed E-state index contributed by atoms with van der Waals surface area (Å²) in [6.07, 6.45) is 3.45. The zero-order valence-corrected chi connectivity index (χ0v) is 15.5. The van der Waals surface area contributed by atoms with E-state index in [-0.39, 0.29) is 5.92 Å². The van der Waals surface area contributed by atoms with Crippen molar-refractivity contribution >= 4 is 17.1 Å². The second-order valence-electron chi connectivity index (χ2n) is 6.52. The number of hydrogen-bond acceptors (Lipinski definition) is 4. The van der Waals surface area contributed by atoms with Gasteiger partial charge in [0.25, 0.3) is 0 Å².